The fourth-order valence-corrected chi connectivity index (χ4v) is 3.35. The number of nitrogens with zero attached hydrogens (tertiary/aromatic N) is 1. The maximum absolute atomic E-state index is 6.45. The molecule has 3 heteroatoms. The molecule has 3 nitrogen and oxygen atoms in total. The molecule has 0 aromatic heterocycles. The highest BCUT2D eigenvalue weighted by molar-refractivity contribution is 5.25. The average molecular weight is 290 g/mol. The van der Waals surface area contributed by atoms with E-state index in [9.17, 15) is 0 Å². The van der Waals surface area contributed by atoms with E-state index >= 15 is 0 Å². The van der Waals surface area contributed by atoms with E-state index in [0.29, 0.717) is 12.0 Å². The van der Waals surface area contributed by atoms with Crippen LogP contribution in [0.1, 0.15) is 43.4 Å². The molecule has 1 saturated heterocycles. The monoisotopic (exact) mass is 290 g/mol. The van der Waals surface area contributed by atoms with Crippen LogP contribution in [0.25, 0.3) is 0 Å². The number of aryl methyl sites for hydroxylation is 1. The van der Waals surface area contributed by atoms with Gasteiger partial charge in [-0.1, -0.05) is 36.8 Å². The predicted molar refractivity (Wildman–Crippen MR) is 88.4 cm³/mol. The van der Waals surface area contributed by atoms with Gasteiger partial charge in [-0.3, -0.25) is 4.90 Å². The number of rotatable bonds is 6. The lowest BCUT2D eigenvalue weighted by molar-refractivity contribution is 0.0715. The summed E-state index contributed by atoms with van der Waals surface area (Å²) in [7, 11) is 1.80. The zero-order chi connectivity index (χ0) is 15.2. The molecule has 1 aliphatic rings. The molecule has 1 aromatic carbocycles. The van der Waals surface area contributed by atoms with Gasteiger partial charge in [0.15, 0.2) is 0 Å². The van der Waals surface area contributed by atoms with E-state index in [-0.39, 0.29) is 6.04 Å². The van der Waals surface area contributed by atoms with Crippen molar-refractivity contribution < 1.29 is 4.74 Å². The Balaban J connectivity index is 2.09. The van der Waals surface area contributed by atoms with Gasteiger partial charge < -0.3 is 10.5 Å². The Hall–Kier alpha value is -0.900. The highest BCUT2D eigenvalue weighted by atomic mass is 16.5. The van der Waals surface area contributed by atoms with Crippen LogP contribution in [-0.4, -0.2) is 37.7 Å². The largest absolute Gasteiger partial charge is 0.384 e. The van der Waals surface area contributed by atoms with Gasteiger partial charge in [0.1, 0.15) is 0 Å². The van der Waals surface area contributed by atoms with E-state index in [1.165, 1.54) is 24.0 Å². The highest BCUT2D eigenvalue weighted by Gasteiger charge is 2.29. The molecule has 0 radical (unpaired) electrons. The van der Waals surface area contributed by atoms with Gasteiger partial charge >= 0.3 is 0 Å². The fraction of sp³-hybridized carbons (Fsp3) is 0.667. The lowest BCUT2D eigenvalue weighted by Gasteiger charge is -2.40. The Kier molecular flexibility index (Phi) is 6.22. The van der Waals surface area contributed by atoms with Crippen molar-refractivity contribution >= 4 is 0 Å². The second-order valence-corrected chi connectivity index (χ2v) is 6.36. The smallest absolute Gasteiger partial charge is 0.0499 e. The number of benzene rings is 1. The average Bonchev–Trinajstić information content (AvgIpc) is 2.51. The maximum Gasteiger partial charge on any atom is 0.0499 e. The van der Waals surface area contributed by atoms with Crippen molar-refractivity contribution in [2.45, 2.75) is 45.2 Å². The SMILES string of the molecule is CCC(N)C(c1ccc(C)cc1)N1CCC(COC)CC1. The summed E-state index contributed by atoms with van der Waals surface area (Å²) in [6, 6.07) is 9.43. The van der Waals surface area contributed by atoms with Crippen LogP contribution >= 0.6 is 0 Å². The van der Waals surface area contributed by atoms with Gasteiger partial charge in [0.05, 0.1) is 0 Å². The summed E-state index contributed by atoms with van der Waals surface area (Å²) in [5.41, 5.74) is 9.11. The minimum atomic E-state index is 0.201. The van der Waals surface area contributed by atoms with E-state index in [4.69, 9.17) is 10.5 Å². The quantitative estimate of drug-likeness (QED) is 0.875. The molecule has 1 fully saturated rings. The van der Waals surface area contributed by atoms with Gasteiger partial charge in [0, 0.05) is 25.8 Å². The van der Waals surface area contributed by atoms with Gasteiger partial charge in [0.2, 0.25) is 0 Å². The van der Waals surface area contributed by atoms with Crippen LogP contribution in [-0.2, 0) is 4.74 Å². The third-order valence-electron chi connectivity index (χ3n) is 4.74. The molecular weight excluding hydrogens is 260 g/mol. The summed E-state index contributed by atoms with van der Waals surface area (Å²) in [5, 5.41) is 0. The molecular formula is C18H30N2O. The Bertz CT molecular complexity index is 410. The molecule has 0 saturated carbocycles. The summed E-state index contributed by atoms with van der Waals surface area (Å²) in [4.78, 5) is 2.57. The maximum atomic E-state index is 6.45. The topological polar surface area (TPSA) is 38.5 Å². The molecule has 1 aliphatic heterocycles. The zero-order valence-electron chi connectivity index (χ0n) is 13.7. The van der Waals surface area contributed by atoms with Crippen molar-refractivity contribution in [3.05, 3.63) is 35.4 Å². The molecule has 118 valence electrons. The van der Waals surface area contributed by atoms with Gasteiger partial charge in [-0.05, 0) is 50.8 Å². The zero-order valence-corrected chi connectivity index (χ0v) is 13.7. The predicted octanol–water partition coefficient (Wildman–Crippen LogP) is 3.13. The molecule has 1 heterocycles. The first-order valence-corrected chi connectivity index (χ1v) is 8.20. The number of ether oxygens (including phenoxy) is 1. The summed E-state index contributed by atoms with van der Waals surface area (Å²) in [6.45, 7) is 7.46. The van der Waals surface area contributed by atoms with E-state index in [2.05, 4.69) is 43.0 Å². The number of methoxy groups -OCH3 is 1. The van der Waals surface area contributed by atoms with Crippen molar-refractivity contribution in [3.63, 3.8) is 0 Å². The summed E-state index contributed by atoms with van der Waals surface area (Å²) < 4.78 is 5.30. The van der Waals surface area contributed by atoms with Crippen molar-refractivity contribution in [1.82, 2.24) is 4.90 Å². The second kappa shape index (κ2) is 7.92. The summed E-state index contributed by atoms with van der Waals surface area (Å²) in [5.74, 6) is 0.711. The van der Waals surface area contributed by atoms with Crippen molar-refractivity contribution in [3.8, 4) is 0 Å². The number of piperidine rings is 1. The molecule has 0 aliphatic carbocycles. The lowest BCUT2D eigenvalue weighted by Crippen LogP contribution is -2.45. The van der Waals surface area contributed by atoms with Crippen LogP contribution in [0.15, 0.2) is 24.3 Å². The number of hydrogen-bond acceptors (Lipinski definition) is 3. The van der Waals surface area contributed by atoms with Crippen LogP contribution in [0.5, 0.6) is 0 Å². The van der Waals surface area contributed by atoms with E-state index in [1.54, 1.807) is 7.11 Å². The van der Waals surface area contributed by atoms with E-state index in [1.807, 2.05) is 0 Å². The Morgan fingerprint density at radius 1 is 1.24 bits per heavy atom. The van der Waals surface area contributed by atoms with Crippen LogP contribution in [0.3, 0.4) is 0 Å². The normalized spacial score (nSPS) is 20.4. The first kappa shape index (κ1) is 16.5. The first-order chi connectivity index (χ1) is 10.2. The molecule has 2 unspecified atom stereocenters. The summed E-state index contributed by atoms with van der Waals surface area (Å²) in [6.07, 6.45) is 3.44. The number of nitrogens with two attached hydrogens (primary N) is 1. The van der Waals surface area contributed by atoms with Crippen LogP contribution in [0.2, 0.25) is 0 Å². The van der Waals surface area contributed by atoms with Crippen molar-refractivity contribution in [2.24, 2.45) is 11.7 Å². The lowest BCUT2D eigenvalue weighted by atomic mass is 9.91. The van der Waals surface area contributed by atoms with Gasteiger partial charge in [0.25, 0.3) is 0 Å². The molecule has 0 bridgehead atoms. The Morgan fingerprint density at radius 2 is 1.86 bits per heavy atom. The Morgan fingerprint density at radius 3 is 2.38 bits per heavy atom. The fourth-order valence-electron chi connectivity index (χ4n) is 3.35. The minimum absolute atomic E-state index is 0.201. The molecule has 0 spiro atoms. The second-order valence-electron chi connectivity index (χ2n) is 6.36. The molecule has 2 atom stereocenters. The molecule has 0 amide bonds. The van der Waals surface area contributed by atoms with Crippen LogP contribution in [0.4, 0.5) is 0 Å². The van der Waals surface area contributed by atoms with Gasteiger partial charge in [-0.2, -0.15) is 0 Å². The minimum Gasteiger partial charge on any atom is -0.384 e. The number of hydrogen-bond donors (Lipinski definition) is 1. The Labute approximate surface area is 129 Å². The molecule has 1 aromatic rings. The van der Waals surface area contributed by atoms with Crippen LogP contribution < -0.4 is 5.73 Å². The molecule has 2 N–H and O–H groups in total. The van der Waals surface area contributed by atoms with Crippen molar-refractivity contribution in [2.75, 3.05) is 26.8 Å². The van der Waals surface area contributed by atoms with Gasteiger partial charge in [-0.15, -0.1) is 0 Å². The third-order valence-corrected chi connectivity index (χ3v) is 4.74. The van der Waals surface area contributed by atoms with Crippen LogP contribution in [0, 0.1) is 12.8 Å². The van der Waals surface area contributed by atoms with E-state index < -0.39 is 0 Å². The van der Waals surface area contributed by atoms with E-state index in [0.717, 1.165) is 26.1 Å². The third kappa shape index (κ3) is 4.29. The molecule has 21 heavy (non-hydrogen) atoms. The highest BCUT2D eigenvalue weighted by Crippen LogP contribution is 2.30. The first-order valence-electron chi connectivity index (χ1n) is 8.20. The molecule has 2 rings (SSSR count). The standard InChI is InChI=1S/C18H30N2O/c1-4-17(19)18(16-7-5-14(2)6-8-16)20-11-9-15(10-12-20)13-21-3/h5-8,15,17-18H,4,9-13,19H2,1-3H3. The number of likely N-dealkylation sites (tertiary alicyclic amines) is 1. The summed E-state index contributed by atoms with van der Waals surface area (Å²) >= 11 is 0. The van der Waals surface area contributed by atoms with Gasteiger partial charge in [-0.25, -0.2) is 0 Å². The van der Waals surface area contributed by atoms with Crippen molar-refractivity contribution in [1.29, 1.82) is 0 Å².